The lowest BCUT2D eigenvalue weighted by atomic mass is 10.1. The second-order valence-corrected chi connectivity index (χ2v) is 3.43. The molecule has 0 bridgehead atoms. The van der Waals surface area contributed by atoms with Gasteiger partial charge in [0.05, 0.1) is 0 Å². The molecule has 1 heteroatoms. The Morgan fingerprint density at radius 3 is 3.11 bits per heavy atom. The fourth-order valence-corrected chi connectivity index (χ4v) is 2.01. The first-order valence-corrected chi connectivity index (χ1v) is 3.98. The van der Waals surface area contributed by atoms with Crippen molar-refractivity contribution in [3.63, 3.8) is 0 Å². The standard InChI is InChI=1S/C8H7P/c1-6-8-4-2-3-7(8)5-9-6/h2-5H,1H3. The number of rotatable bonds is 0. The maximum absolute atomic E-state index is 2.25. The van der Waals surface area contributed by atoms with Gasteiger partial charge in [0, 0.05) is 0 Å². The molecule has 0 unspecified atom stereocenters. The van der Waals surface area contributed by atoms with Gasteiger partial charge in [-0.05, 0) is 29.2 Å². The van der Waals surface area contributed by atoms with Crippen LogP contribution in [0.15, 0.2) is 34.7 Å². The first-order chi connectivity index (χ1) is 4.38. The molecule has 2 aliphatic rings. The largest absolute Gasteiger partial charge is 0.0719 e. The molecule has 0 radical (unpaired) electrons. The molecule has 1 aliphatic heterocycles. The number of fused-ring (bicyclic) bond motifs is 1. The average Bonchev–Trinajstić information content (AvgIpc) is 2.35. The molecule has 0 saturated heterocycles. The van der Waals surface area contributed by atoms with Crippen molar-refractivity contribution >= 4 is 14.0 Å². The van der Waals surface area contributed by atoms with Crippen molar-refractivity contribution in [1.82, 2.24) is 0 Å². The van der Waals surface area contributed by atoms with Crippen molar-refractivity contribution in [2.75, 3.05) is 0 Å². The van der Waals surface area contributed by atoms with E-state index in [2.05, 4.69) is 30.9 Å². The summed E-state index contributed by atoms with van der Waals surface area (Å²) in [6.07, 6.45) is 6.46. The van der Waals surface area contributed by atoms with Gasteiger partial charge in [0.25, 0.3) is 0 Å². The Bertz CT molecular complexity index is 264. The zero-order valence-electron chi connectivity index (χ0n) is 5.26. The van der Waals surface area contributed by atoms with Crippen LogP contribution in [0.2, 0.25) is 0 Å². The van der Waals surface area contributed by atoms with E-state index in [0.29, 0.717) is 0 Å². The van der Waals surface area contributed by atoms with Crippen LogP contribution in [0.25, 0.3) is 0 Å². The van der Waals surface area contributed by atoms with E-state index in [0.717, 1.165) is 0 Å². The fourth-order valence-electron chi connectivity index (χ4n) is 1.11. The van der Waals surface area contributed by atoms with E-state index in [9.17, 15) is 0 Å². The summed E-state index contributed by atoms with van der Waals surface area (Å²) in [5.41, 5.74) is 2.85. The Kier molecular flexibility index (Phi) is 0.972. The van der Waals surface area contributed by atoms with Crippen molar-refractivity contribution in [3.8, 4) is 0 Å². The predicted octanol–water partition coefficient (Wildman–Crippen LogP) is 2.52. The maximum atomic E-state index is 2.25. The van der Waals surface area contributed by atoms with Gasteiger partial charge < -0.3 is 0 Å². The lowest BCUT2D eigenvalue weighted by Gasteiger charge is -1.90. The van der Waals surface area contributed by atoms with Crippen molar-refractivity contribution in [3.05, 3.63) is 34.7 Å². The average molecular weight is 134 g/mol. The summed E-state index contributed by atoms with van der Waals surface area (Å²) in [7, 11) is 1.38. The summed E-state index contributed by atoms with van der Waals surface area (Å²) in [5.74, 6) is 2.25. The summed E-state index contributed by atoms with van der Waals surface area (Å²) >= 11 is 0. The molecule has 2 rings (SSSR count). The normalized spacial score (nSPS) is 23.0. The van der Waals surface area contributed by atoms with Crippen LogP contribution in [0.5, 0.6) is 0 Å². The van der Waals surface area contributed by atoms with Crippen molar-refractivity contribution in [1.29, 1.82) is 0 Å². The van der Waals surface area contributed by atoms with Crippen molar-refractivity contribution in [2.24, 2.45) is 0 Å². The minimum absolute atomic E-state index is 1.38. The Morgan fingerprint density at radius 2 is 2.33 bits per heavy atom. The number of hydrogen-bond donors (Lipinski definition) is 0. The molecule has 0 nitrogen and oxygen atoms in total. The van der Waals surface area contributed by atoms with E-state index in [1.165, 1.54) is 24.7 Å². The fraction of sp³-hybridized carbons (Fsp3) is 0.125. The summed E-state index contributed by atoms with van der Waals surface area (Å²) < 4.78 is 0. The summed E-state index contributed by atoms with van der Waals surface area (Å²) in [4.78, 5) is 0. The van der Waals surface area contributed by atoms with Crippen LogP contribution in [0.4, 0.5) is 0 Å². The third-order valence-corrected chi connectivity index (χ3v) is 2.67. The van der Waals surface area contributed by atoms with Gasteiger partial charge in [0.15, 0.2) is 0 Å². The lowest BCUT2D eigenvalue weighted by molar-refractivity contribution is 1.57. The van der Waals surface area contributed by atoms with Crippen LogP contribution in [0, 0.1) is 0 Å². The molecule has 0 aromatic heterocycles. The van der Waals surface area contributed by atoms with Gasteiger partial charge in [-0.15, -0.1) is 0 Å². The van der Waals surface area contributed by atoms with Crippen LogP contribution in [-0.2, 0) is 0 Å². The first-order valence-electron chi connectivity index (χ1n) is 3.01. The second kappa shape index (κ2) is 1.68. The molecule has 0 aromatic rings. The highest BCUT2D eigenvalue weighted by atomic mass is 31.1. The lowest BCUT2D eigenvalue weighted by Crippen LogP contribution is -1.76. The van der Waals surface area contributed by atoms with Crippen LogP contribution in [0.3, 0.4) is 0 Å². The molecular weight excluding hydrogens is 127 g/mol. The SMILES string of the molecule is CC1=C2C=CC=C2C=P1. The highest BCUT2D eigenvalue weighted by Crippen LogP contribution is 2.33. The molecule has 1 heterocycles. The van der Waals surface area contributed by atoms with Gasteiger partial charge in [-0.1, -0.05) is 26.4 Å². The predicted molar refractivity (Wildman–Crippen MR) is 42.9 cm³/mol. The van der Waals surface area contributed by atoms with Crippen LogP contribution >= 0.6 is 8.20 Å². The second-order valence-electron chi connectivity index (χ2n) is 2.24. The Hall–Kier alpha value is -0.610. The topological polar surface area (TPSA) is 0 Å². The molecule has 1 aliphatic carbocycles. The Balaban J connectivity index is 2.62. The quantitative estimate of drug-likeness (QED) is 0.446. The summed E-state index contributed by atoms with van der Waals surface area (Å²) in [6.45, 7) is 2.18. The van der Waals surface area contributed by atoms with Crippen molar-refractivity contribution in [2.45, 2.75) is 6.92 Å². The minimum Gasteiger partial charge on any atom is -0.0719 e. The van der Waals surface area contributed by atoms with Gasteiger partial charge in [0.2, 0.25) is 0 Å². The van der Waals surface area contributed by atoms with E-state index in [-0.39, 0.29) is 0 Å². The van der Waals surface area contributed by atoms with Gasteiger partial charge >= 0.3 is 0 Å². The van der Waals surface area contributed by atoms with Crippen LogP contribution in [0.1, 0.15) is 6.92 Å². The monoisotopic (exact) mass is 134 g/mol. The third kappa shape index (κ3) is 0.635. The molecule has 0 N–H and O–H groups in total. The first kappa shape index (κ1) is 5.20. The molecule has 0 amide bonds. The number of allylic oxidation sites excluding steroid dienone is 6. The van der Waals surface area contributed by atoms with E-state index in [1.54, 1.807) is 0 Å². The highest BCUT2D eigenvalue weighted by Gasteiger charge is 2.10. The van der Waals surface area contributed by atoms with E-state index < -0.39 is 0 Å². The molecule has 0 atom stereocenters. The smallest absolute Gasteiger partial charge is 0.0106 e. The molecular formula is C8H7P. The molecule has 0 aromatic carbocycles. The molecule has 44 valence electrons. The maximum Gasteiger partial charge on any atom is -0.0106 e. The zero-order valence-corrected chi connectivity index (χ0v) is 6.15. The summed E-state index contributed by atoms with van der Waals surface area (Å²) in [5, 5.41) is 1.48. The molecule has 0 saturated carbocycles. The van der Waals surface area contributed by atoms with E-state index in [1.807, 2.05) is 0 Å². The zero-order chi connectivity index (χ0) is 6.27. The highest BCUT2D eigenvalue weighted by molar-refractivity contribution is 7.44. The molecule has 0 spiro atoms. The minimum atomic E-state index is 1.38. The third-order valence-electron chi connectivity index (χ3n) is 1.64. The van der Waals surface area contributed by atoms with Crippen LogP contribution in [-0.4, -0.2) is 5.80 Å². The van der Waals surface area contributed by atoms with E-state index in [4.69, 9.17) is 0 Å². The number of hydrogen-bond acceptors (Lipinski definition) is 0. The Labute approximate surface area is 56.4 Å². The van der Waals surface area contributed by atoms with Crippen LogP contribution < -0.4 is 0 Å². The van der Waals surface area contributed by atoms with Crippen molar-refractivity contribution < 1.29 is 0 Å². The van der Waals surface area contributed by atoms with Gasteiger partial charge in [0.1, 0.15) is 0 Å². The van der Waals surface area contributed by atoms with Gasteiger partial charge in [-0.25, -0.2) is 0 Å². The van der Waals surface area contributed by atoms with Gasteiger partial charge in [-0.2, -0.15) is 0 Å². The molecule has 9 heavy (non-hydrogen) atoms. The molecule has 0 fully saturated rings. The summed E-state index contributed by atoms with van der Waals surface area (Å²) in [6, 6.07) is 0. The Morgan fingerprint density at radius 1 is 1.44 bits per heavy atom. The van der Waals surface area contributed by atoms with Gasteiger partial charge in [-0.3, -0.25) is 0 Å². The van der Waals surface area contributed by atoms with E-state index >= 15 is 0 Å².